The van der Waals surface area contributed by atoms with Crippen LogP contribution in [0.5, 0.6) is 0 Å². The van der Waals surface area contributed by atoms with E-state index in [2.05, 4.69) is 10.1 Å². The summed E-state index contributed by atoms with van der Waals surface area (Å²) in [6.07, 6.45) is 3.05. The predicted octanol–water partition coefficient (Wildman–Crippen LogP) is 4.29. The summed E-state index contributed by atoms with van der Waals surface area (Å²) in [6.45, 7) is 4.53. The molecule has 0 aliphatic carbocycles. The molecule has 33 heavy (non-hydrogen) atoms. The van der Waals surface area contributed by atoms with Gasteiger partial charge in [-0.25, -0.2) is 9.07 Å². The van der Waals surface area contributed by atoms with Crippen LogP contribution in [0, 0.1) is 16.6 Å². The Morgan fingerprint density at radius 3 is 2.58 bits per heavy atom. The number of para-hydroxylation sites is 1. The van der Waals surface area contributed by atoms with Crippen molar-refractivity contribution in [3.63, 3.8) is 0 Å². The highest BCUT2D eigenvalue weighted by Crippen LogP contribution is 2.34. The Balaban J connectivity index is 1.72. The summed E-state index contributed by atoms with van der Waals surface area (Å²) in [4.78, 5) is 31.0. The number of halogens is 1. The first-order chi connectivity index (χ1) is 15.8. The summed E-state index contributed by atoms with van der Waals surface area (Å²) >= 11 is 0. The number of carbonyl (C=O) groups is 1. The van der Waals surface area contributed by atoms with Crippen LogP contribution in [-0.2, 0) is 4.79 Å². The molecule has 2 heterocycles. The smallest absolute Gasteiger partial charge is 0.227 e. The van der Waals surface area contributed by atoms with Gasteiger partial charge in [-0.3, -0.25) is 14.6 Å². The number of hydrogen-bond donors (Lipinski definition) is 1. The van der Waals surface area contributed by atoms with Crippen LogP contribution in [-0.4, -0.2) is 34.2 Å². The standard InChI is InChI=1S/C25H24FN5O2/c1-25(2)15-23(33)30(16-25)18-8-9-21(19(26)14-18)31-13-11-22(32)24(29-31)20(10-12-27)28-17-6-4-3-5-7-17/h3-9,11-14,27H,10,15-16H2,1-2H3. The topological polar surface area (TPSA) is 91.4 Å². The van der Waals surface area contributed by atoms with Crippen molar-refractivity contribution in [1.29, 1.82) is 5.41 Å². The molecule has 4 rings (SSSR count). The van der Waals surface area contributed by atoms with E-state index in [0.717, 1.165) is 6.21 Å². The lowest BCUT2D eigenvalue weighted by atomic mass is 9.93. The van der Waals surface area contributed by atoms with Gasteiger partial charge in [0.1, 0.15) is 5.69 Å². The van der Waals surface area contributed by atoms with Crippen LogP contribution in [0.2, 0.25) is 0 Å². The number of hydrogen-bond acceptors (Lipinski definition) is 5. The summed E-state index contributed by atoms with van der Waals surface area (Å²) in [5, 5.41) is 11.8. The number of aromatic nitrogens is 2. The fourth-order valence-corrected chi connectivity index (χ4v) is 3.85. The van der Waals surface area contributed by atoms with Gasteiger partial charge in [0, 0.05) is 43.6 Å². The number of aliphatic imine (C=N–C) groups is 1. The van der Waals surface area contributed by atoms with Gasteiger partial charge in [-0.15, -0.1) is 0 Å². The van der Waals surface area contributed by atoms with E-state index in [1.54, 1.807) is 23.1 Å². The maximum absolute atomic E-state index is 15.1. The first kappa shape index (κ1) is 22.3. The average molecular weight is 445 g/mol. The van der Waals surface area contributed by atoms with Crippen LogP contribution in [0.3, 0.4) is 0 Å². The molecule has 0 saturated carbocycles. The maximum Gasteiger partial charge on any atom is 0.227 e. The van der Waals surface area contributed by atoms with Gasteiger partial charge >= 0.3 is 0 Å². The van der Waals surface area contributed by atoms with Crippen molar-refractivity contribution in [2.75, 3.05) is 11.4 Å². The number of benzene rings is 2. The molecule has 2 aromatic carbocycles. The van der Waals surface area contributed by atoms with Crippen LogP contribution in [0.1, 0.15) is 32.4 Å². The van der Waals surface area contributed by atoms with Crippen molar-refractivity contribution in [2.24, 2.45) is 10.4 Å². The Kier molecular flexibility index (Phi) is 6.00. The molecule has 8 heteroatoms. The average Bonchev–Trinajstić information content (AvgIpc) is 3.07. The summed E-state index contributed by atoms with van der Waals surface area (Å²) in [6, 6.07) is 14.9. The number of anilines is 1. The zero-order chi connectivity index (χ0) is 23.6. The third-order valence-corrected chi connectivity index (χ3v) is 5.40. The molecule has 0 spiro atoms. The van der Waals surface area contributed by atoms with Crippen molar-refractivity contribution in [1.82, 2.24) is 9.78 Å². The molecule has 168 valence electrons. The van der Waals surface area contributed by atoms with Crippen molar-refractivity contribution < 1.29 is 9.18 Å². The molecule has 0 radical (unpaired) electrons. The SMILES string of the molecule is CC1(C)CC(=O)N(c2ccc(-n3ccc(=O)c(C(CC=N)=Nc4ccccc4)n3)c(F)c2)C1. The van der Waals surface area contributed by atoms with E-state index in [-0.39, 0.29) is 34.6 Å². The second kappa shape index (κ2) is 8.90. The van der Waals surface area contributed by atoms with Crippen LogP contribution in [0.4, 0.5) is 15.8 Å². The summed E-state index contributed by atoms with van der Waals surface area (Å²) < 4.78 is 16.4. The fraction of sp³-hybridized carbons (Fsp3) is 0.240. The second-order valence-corrected chi connectivity index (χ2v) is 8.73. The van der Waals surface area contributed by atoms with E-state index in [4.69, 9.17) is 5.41 Å². The van der Waals surface area contributed by atoms with E-state index in [1.165, 1.54) is 29.1 Å². The number of nitrogens with one attached hydrogen (secondary N) is 1. The van der Waals surface area contributed by atoms with Crippen molar-refractivity contribution in [3.8, 4) is 5.69 Å². The quantitative estimate of drug-likeness (QED) is 0.574. The Morgan fingerprint density at radius 2 is 1.94 bits per heavy atom. The Morgan fingerprint density at radius 1 is 1.18 bits per heavy atom. The molecule has 3 aromatic rings. The van der Waals surface area contributed by atoms with Crippen LogP contribution in [0.25, 0.3) is 5.69 Å². The first-order valence-corrected chi connectivity index (χ1v) is 10.6. The lowest BCUT2D eigenvalue weighted by Gasteiger charge is -2.20. The third-order valence-electron chi connectivity index (χ3n) is 5.40. The van der Waals surface area contributed by atoms with E-state index < -0.39 is 5.82 Å². The van der Waals surface area contributed by atoms with Crippen LogP contribution < -0.4 is 10.3 Å². The second-order valence-electron chi connectivity index (χ2n) is 8.73. The minimum atomic E-state index is -0.569. The minimum absolute atomic E-state index is 0.0377. The van der Waals surface area contributed by atoms with Gasteiger partial charge in [0.25, 0.3) is 0 Å². The highest BCUT2D eigenvalue weighted by atomic mass is 19.1. The highest BCUT2D eigenvalue weighted by Gasteiger charge is 2.36. The fourth-order valence-electron chi connectivity index (χ4n) is 3.85. The van der Waals surface area contributed by atoms with Crippen molar-refractivity contribution in [3.05, 3.63) is 82.5 Å². The van der Waals surface area contributed by atoms with Gasteiger partial charge in [0.05, 0.1) is 11.4 Å². The summed E-state index contributed by atoms with van der Waals surface area (Å²) in [5.74, 6) is -0.606. The molecule has 1 amide bonds. The Labute approximate surface area is 190 Å². The molecule has 1 aliphatic rings. The molecular weight excluding hydrogens is 421 g/mol. The monoisotopic (exact) mass is 445 g/mol. The molecule has 0 unspecified atom stereocenters. The molecule has 0 bridgehead atoms. The maximum atomic E-state index is 15.1. The van der Waals surface area contributed by atoms with E-state index >= 15 is 4.39 Å². The molecule has 1 aliphatic heterocycles. The van der Waals surface area contributed by atoms with Gasteiger partial charge < -0.3 is 10.3 Å². The number of amides is 1. The molecule has 1 saturated heterocycles. The normalized spacial score (nSPS) is 15.7. The van der Waals surface area contributed by atoms with Crippen molar-refractivity contribution >= 4 is 29.2 Å². The third kappa shape index (κ3) is 4.79. The number of carbonyl (C=O) groups excluding carboxylic acids is 1. The van der Waals surface area contributed by atoms with Gasteiger partial charge in [0.15, 0.2) is 11.5 Å². The zero-order valence-electron chi connectivity index (χ0n) is 18.5. The highest BCUT2D eigenvalue weighted by molar-refractivity contribution is 6.06. The van der Waals surface area contributed by atoms with Gasteiger partial charge in [-0.05, 0) is 35.7 Å². The van der Waals surface area contributed by atoms with Gasteiger partial charge in [0.2, 0.25) is 11.3 Å². The zero-order valence-corrected chi connectivity index (χ0v) is 18.5. The van der Waals surface area contributed by atoms with E-state index in [0.29, 0.717) is 30.1 Å². The lowest BCUT2D eigenvalue weighted by molar-refractivity contribution is -0.117. The van der Waals surface area contributed by atoms with Crippen molar-refractivity contribution in [2.45, 2.75) is 26.7 Å². The van der Waals surface area contributed by atoms with Crippen LogP contribution >= 0.6 is 0 Å². The molecule has 1 N–H and O–H groups in total. The molecule has 0 atom stereocenters. The Hall–Kier alpha value is -3.94. The lowest BCUT2D eigenvalue weighted by Crippen LogP contribution is -2.26. The summed E-state index contributed by atoms with van der Waals surface area (Å²) in [7, 11) is 0. The molecule has 1 aromatic heterocycles. The molecule has 1 fully saturated rings. The van der Waals surface area contributed by atoms with E-state index in [1.807, 2.05) is 32.0 Å². The van der Waals surface area contributed by atoms with Gasteiger partial charge in [-0.2, -0.15) is 5.10 Å². The molecular formula is C25H24FN5O2. The molecule has 7 nitrogen and oxygen atoms in total. The number of nitrogens with zero attached hydrogens (tertiary/aromatic N) is 4. The largest absolute Gasteiger partial charge is 0.313 e. The summed E-state index contributed by atoms with van der Waals surface area (Å²) in [5.41, 5.74) is 1.08. The van der Waals surface area contributed by atoms with Crippen LogP contribution in [0.15, 0.2) is 70.6 Å². The Bertz CT molecular complexity index is 1300. The first-order valence-electron chi connectivity index (χ1n) is 10.6. The van der Waals surface area contributed by atoms with E-state index in [9.17, 15) is 9.59 Å². The number of rotatable bonds is 6. The minimum Gasteiger partial charge on any atom is -0.313 e. The predicted molar refractivity (Wildman–Crippen MR) is 127 cm³/mol. The van der Waals surface area contributed by atoms with Gasteiger partial charge in [-0.1, -0.05) is 32.0 Å².